The second kappa shape index (κ2) is 8.18. The molecule has 3 rings (SSSR count). The smallest absolute Gasteiger partial charge is 0.324 e. The van der Waals surface area contributed by atoms with Gasteiger partial charge in [0.25, 0.3) is 5.22 Å². The quantitative estimate of drug-likeness (QED) is 0.456. The van der Waals surface area contributed by atoms with E-state index < -0.39 is 5.25 Å². The standard InChI is InChI=1S/C18H15ClN2O3S/c1-2-23-17(22)15(12-6-4-3-5-7-12)25-18-21-20-16(24-18)13-8-10-14(19)11-9-13/h3-11,15H,2H2,1H3/t15-/m0/s1. The van der Waals surface area contributed by atoms with E-state index in [1.165, 1.54) is 11.8 Å². The highest BCUT2D eigenvalue weighted by Crippen LogP contribution is 2.36. The first-order valence-electron chi connectivity index (χ1n) is 7.65. The topological polar surface area (TPSA) is 65.2 Å². The molecule has 0 fully saturated rings. The van der Waals surface area contributed by atoms with Gasteiger partial charge in [-0.05, 0) is 48.5 Å². The zero-order chi connectivity index (χ0) is 17.6. The normalized spacial score (nSPS) is 11.9. The fourth-order valence-electron chi connectivity index (χ4n) is 2.17. The summed E-state index contributed by atoms with van der Waals surface area (Å²) in [5, 5.41) is 8.42. The number of carbonyl (C=O) groups excluding carboxylic acids is 1. The second-order valence-electron chi connectivity index (χ2n) is 5.04. The third-order valence-corrected chi connectivity index (χ3v) is 4.64. The fourth-order valence-corrected chi connectivity index (χ4v) is 3.17. The number of rotatable bonds is 6. The van der Waals surface area contributed by atoms with Crippen LogP contribution >= 0.6 is 23.4 Å². The van der Waals surface area contributed by atoms with Crippen molar-refractivity contribution in [2.45, 2.75) is 17.4 Å². The summed E-state index contributed by atoms with van der Waals surface area (Å²) < 4.78 is 10.9. The van der Waals surface area contributed by atoms with Gasteiger partial charge in [0.15, 0.2) is 0 Å². The van der Waals surface area contributed by atoms with Gasteiger partial charge in [0.2, 0.25) is 5.89 Å². The number of esters is 1. The van der Waals surface area contributed by atoms with E-state index in [9.17, 15) is 4.79 Å². The molecular weight excluding hydrogens is 360 g/mol. The van der Waals surface area contributed by atoms with E-state index in [0.717, 1.165) is 11.1 Å². The van der Waals surface area contributed by atoms with E-state index in [-0.39, 0.29) is 5.97 Å². The summed E-state index contributed by atoms with van der Waals surface area (Å²) in [6, 6.07) is 16.5. The van der Waals surface area contributed by atoms with Crippen LogP contribution in [0.1, 0.15) is 17.7 Å². The SMILES string of the molecule is CCOC(=O)[C@@H](Sc1nnc(-c2ccc(Cl)cc2)o1)c1ccccc1. The highest BCUT2D eigenvalue weighted by atomic mass is 35.5. The van der Waals surface area contributed by atoms with E-state index in [1.807, 2.05) is 30.3 Å². The van der Waals surface area contributed by atoms with Gasteiger partial charge < -0.3 is 9.15 Å². The minimum absolute atomic E-state index is 0.298. The monoisotopic (exact) mass is 374 g/mol. The van der Waals surface area contributed by atoms with Crippen LogP contribution in [-0.4, -0.2) is 22.8 Å². The van der Waals surface area contributed by atoms with Crippen LogP contribution in [0.3, 0.4) is 0 Å². The molecule has 0 radical (unpaired) electrons. The van der Waals surface area contributed by atoms with E-state index in [1.54, 1.807) is 31.2 Å². The van der Waals surface area contributed by atoms with Crippen LogP contribution in [-0.2, 0) is 9.53 Å². The Labute approximate surface area is 154 Å². The van der Waals surface area contributed by atoms with Crippen LogP contribution < -0.4 is 0 Å². The van der Waals surface area contributed by atoms with Crippen LogP contribution in [0.2, 0.25) is 5.02 Å². The van der Waals surface area contributed by atoms with Gasteiger partial charge in [-0.25, -0.2) is 0 Å². The van der Waals surface area contributed by atoms with Gasteiger partial charge in [-0.15, -0.1) is 10.2 Å². The van der Waals surface area contributed by atoms with Crippen LogP contribution in [0.25, 0.3) is 11.5 Å². The summed E-state index contributed by atoms with van der Waals surface area (Å²) in [7, 11) is 0. The van der Waals surface area contributed by atoms with Crippen LogP contribution in [0, 0.1) is 0 Å². The maximum absolute atomic E-state index is 12.3. The third kappa shape index (κ3) is 4.41. The molecular formula is C18H15ClN2O3S. The molecule has 0 spiro atoms. The molecule has 2 aromatic carbocycles. The Hall–Kier alpha value is -2.31. The molecule has 0 saturated heterocycles. The lowest BCUT2D eigenvalue weighted by atomic mass is 10.1. The van der Waals surface area contributed by atoms with Gasteiger partial charge in [-0.1, -0.05) is 41.9 Å². The van der Waals surface area contributed by atoms with Crippen LogP contribution in [0.5, 0.6) is 0 Å². The predicted octanol–water partition coefficient (Wildman–Crippen LogP) is 4.79. The number of hydrogen-bond donors (Lipinski definition) is 0. The summed E-state index contributed by atoms with van der Waals surface area (Å²) in [5.74, 6) is 0.0276. The highest BCUT2D eigenvalue weighted by Gasteiger charge is 2.26. The molecule has 128 valence electrons. The Bertz CT molecular complexity index is 837. The largest absolute Gasteiger partial charge is 0.465 e. The molecule has 0 aliphatic rings. The van der Waals surface area contributed by atoms with Gasteiger partial charge in [0, 0.05) is 10.6 Å². The van der Waals surface area contributed by atoms with Crippen LogP contribution in [0.15, 0.2) is 64.2 Å². The van der Waals surface area contributed by atoms with Crippen molar-refractivity contribution in [3.8, 4) is 11.5 Å². The third-order valence-electron chi connectivity index (χ3n) is 3.32. The van der Waals surface area contributed by atoms with Gasteiger partial charge in [-0.3, -0.25) is 4.79 Å². The van der Waals surface area contributed by atoms with Gasteiger partial charge in [-0.2, -0.15) is 0 Å². The molecule has 0 unspecified atom stereocenters. The van der Waals surface area contributed by atoms with Crippen molar-refractivity contribution in [2.24, 2.45) is 0 Å². The Morgan fingerprint density at radius 2 is 1.88 bits per heavy atom. The number of thioether (sulfide) groups is 1. The molecule has 0 bridgehead atoms. The molecule has 3 aromatic rings. The molecule has 0 aliphatic carbocycles. The number of benzene rings is 2. The number of aromatic nitrogens is 2. The van der Waals surface area contributed by atoms with Crippen molar-refractivity contribution in [1.29, 1.82) is 0 Å². The molecule has 1 heterocycles. The molecule has 25 heavy (non-hydrogen) atoms. The predicted molar refractivity (Wildman–Crippen MR) is 96.4 cm³/mol. The lowest BCUT2D eigenvalue weighted by molar-refractivity contribution is -0.142. The molecule has 0 aliphatic heterocycles. The Balaban J connectivity index is 1.82. The molecule has 1 atom stereocenters. The van der Waals surface area contributed by atoms with Crippen molar-refractivity contribution in [3.63, 3.8) is 0 Å². The Morgan fingerprint density at radius 1 is 1.16 bits per heavy atom. The summed E-state index contributed by atoms with van der Waals surface area (Å²) in [5.41, 5.74) is 1.58. The van der Waals surface area contributed by atoms with E-state index in [0.29, 0.717) is 22.7 Å². The van der Waals surface area contributed by atoms with E-state index in [4.69, 9.17) is 20.8 Å². The van der Waals surface area contributed by atoms with E-state index >= 15 is 0 Å². The molecule has 5 nitrogen and oxygen atoms in total. The number of carbonyl (C=O) groups is 1. The first-order chi connectivity index (χ1) is 12.2. The lowest BCUT2D eigenvalue weighted by Crippen LogP contribution is -2.13. The number of halogens is 1. The summed E-state index contributed by atoms with van der Waals surface area (Å²) in [6.07, 6.45) is 0. The van der Waals surface area contributed by atoms with E-state index in [2.05, 4.69) is 10.2 Å². The van der Waals surface area contributed by atoms with Gasteiger partial charge >= 0.3 is 5.97 Å². The number of nitrogens with zero attached hydrogens (tertiary/aromatic N) is 2. The molecule has 7 heteroatoms. The second-order valence-corrected chi connectivity index (χ2v) is 6.53. The minimum atomic E-state index is -0.570. The average molecular weight is 375 g/mol. The summed E-state index contributed by atoms with van der Waals surface area (Å²) in [6.45, 7) is 2.08. The molecule has 0 amide bonds. The minimum Gasteiger partial charge on any atom is -0.465 e. The fraction of sp³-hybridized carbons (Fsp3) is 0.167. The molecule has 0 saturated carbocycles. The van der Waals surface area contributed by atoms with Crippen molar-refractivity contribution in [1.82, 2.24) is 10.2 Å². The van der Waals surface area contributed by atoms with Crippen molar-refractivity contribution in [3.05, 3.63) is 65.2 Å². The van der Waals surface area contributed by atoms with Gasteiger partial charge in [0.05, 0.1) is 6.61 Å². The first-order valence-corrected chi connectivity index (χ1v) is 8.91. The summed E-state index contributed by atoms with van der Waals surface area (Å²) >= 11 is 7.05. The first kappa shape index (κ1) is 17.5. The van der Waals surface area contributed by atoms with Crippen molar-refractivity contribution >= 4 is 29.3 Å². The highest BCUT2D eigenvalue weighted by molar-refractivity contribution is 8.00. The zero-order valence-corrected chi connectivity index (χ0v) is 15.0. The van der Waals surface area contributed by atoms with Gasteiger partial charge in [0.1, 0.15) is 5.25 Å². The zero-order valence-electron chi connectivity index (χ0n) is 13.4. The Morgan fingerprint density at radius 3 is 2.56 bits per heavy atom. The average Bonchev–Trinajstić information content (AvgIpc) is 3.10. The van der Waals surface area contributed by atoms with Crippen molar-refractivity contribution in [2.75, 3.05) is 6.61 Å². The maximum atomic E-state index is 12.3. The number of hydrogen-bond acceptors (Lipinski definition) is 6. The summed E-state index contributed by atoms with van der Waals surface area (Å²) in [4.78, 5) is 12.3. The lowest BCUT2D eigenvalue weighted by Gasteiger charge is -2.13. The molecule has 0 N–H and O–H groups in total. The maximum Gasteiger partial charge on any atom is 0.324 e. The molecule has 1 aromatic heterocycles. The Kier molecular flexibility index (Phi) is 5.73. The van der Waals surface area contributed by atoms with Crippen LogP contribution in [0.4, 0.5) is 0 Å². The van der Waals surface area contributed by atoms with Crippen molar-refractivity contribution < 1.29 is 13.9 Å². The number of ether oxygens (including phenoxy) is 1.